The highest BCUT2D eigenvalue weighted by molar-refractivity contribution is 5.92. The number of nitrogens with two attached hydrogens (primary N) is 1. The van der Waals surface area contributed by atoms with Crippen LogP contribution in [0.1, 0.15) is 23.7 Å². The highest BCUT2D eigenvalue weighted by atomic mass is 16.5. The van der Waals surface area contributed by atoms with Gasteiger partial charge in [-0.25, -0.2) is 0 Å². The Morgan fingerprint density at radius 2 is 2.05 bits per heavy atom. The molecule has 1 heterocycles. The molecule has 0 aliphatic rings. The van der Waals surface area contributed by atoms with Crippen LogP contribution in [0.25, 0.3) is 11.3 Å². The van der Waals surface area contributed by atoms with E-state index in [2.05, 4.69) is 4.98 Å². The smallest absolute Gasteiger partial charge is 0.261 e. The van der Waals surface area contributed by atoms with Crippen molar-refractivity contribution < 1.29 is 14.3 Å². The fourth-order valence-corrected chi connectivity index (χ4v) is 2.01. The van der Waals surface area contributed by atoms with E-state index in [1.807, 2.05) is 6.92 Å². The van der Waals surface area contributed by atoms with Crippen molar-refractivity contribution in [2.75, 3.05) is 13.7 Å². The monoisotopic (exact) mass is 302 g/mol. The molecule has 1 amide bonds. The number of methoxy groups -OCH3 is 1. The Morgan fingerprint density at radius 3 is 2.64 bits per heavy atom. The first-order valence-corrected chi connectivity index (χ1v) is 6.91. The van der Waals surface area contributed by atoms with Crippen LogP contribution in [-0.4, -0.2) is 24.6 Å². The first-order valence-electron chi connectivity index (χ1n) is 6.91. The molecule has 0 unspecified atom stereocenters. The molecule has 0 saturated heterocycles. The van der Waals surface area contributed by atoms with E-state index >= 15 is 0 Å². The van der Waals surface area contributed by atoms with E-state index in [-0.39, 0.29) is 5.56 Å². The molecule has 0 saturated carbocycles. The average Bonchev–Trinajstić information content (AvgIpc) is 2.52. The van der Waals surface area contributed by atoms with Gasteiger partial charge in [0, 0.05) is 11.6 Å². The Hall–Kier alpha value is -2.76. The van der Waals surface area contributed by atoms with E-state index < -0.39 is 11.5 Å². The van der Waals surface area contributed by atoms with E-state index in [0.717, 1.165) is 6.42 Å². The fourth-order valence-electron chi connectivity index (χ4n) is 2.01. The van der Waals surface area contributed by atoms with Crippen molar-refractivity contribution in [3.8, 4) is 22.8 Å². The van der Waals surface area contributed by atoms with Crippen molar-refractivity contribution in [1.82, 2.24) is 4.98 Å². The van der Waals surface area contributed by atoms with E-state index in [1.165, 1.54) is 6.07 Å². The number of aromatic nitrogens is 1. The Labute approximate surface area is 127 Å². The molecule has 0 bridgehead atoms. The van der Waals surface area contributed by atoms with Gasteiger partial charge in [0.1, 0.15) is 17.1 Å². The predicted octanol–water partition coefficient (Wildman–Crippen LogP) is 1.94. The third kappa shape index (κ3) is 3.28. The number of pyridine rings is 1. The maximum absolute atomic E-state index is 11.9. The van der Waals surface area contributed by atoms with Crippen molar-refractivity contribution in [2.45, 2.75) is 13.3 Å². The SMILES string of the molecule is CCCOc1cc(OC)ccc1-c1ccc(C(N)=O)c(=O)[nH]1. The number of nitrogens with one attached hydrogen (secondary N) is 1. The van der Waals surface area contributed by atoms with Crippen LogP contribution in [0.2, 0.25) is 0 Å². The molecule has 6 nitrogen and oxygen atoms in total. The van der Waals surface area contributed by atoms with Crippen molar-refractivity contribution in [2.24, 2.45) is 5.73 Å². The van der Waals surface area contributed by atoms with Crippen LogP contribution in [0.4, 0.5) is 0 Å². The molecule has 1 aromatic carbocycles. The third-order valence-corrected chi connectivity index (χ3v) is 3.12. The lowest BCUT2D eigenvalue weighted by molar-refractivity contribution is 0.0999. The molecule has 0 atom stereocenters. The number of carbonyl (C=O) groups is 1. The quantitative estimate of drug-likeness (QED) is 0.852. The van der Waals surface area contributed by atoms with Crippen LogP contribution in [0.5, 0.6) is 11.5 Å². The molecule has 2 rings (SSSR count). The Morgan fingerprint density at radius 1 is 1.27 bits per heavy atom. The van der Waals surface area contributed by atoms with Crippen LogP contribution < -0.4 is 20.8 Å². The van der Waals surface area contributed by atoms with Gasteiger partial charge in [0.05, 0.1) is 19.4 Å². The van der Waals surface area contributed by atoms with Gasteiger partial charge in [0.2, 0.25) is 0 Å². The second-order valence-electron chi connectivity index (χ2n) is 4.69. The summed E-state index contributed by atoms with van der Waals surface area (Å²) < 4.78 is 10.9. The van der Waals surface area contributed by atoms with E-state index in [4.69, 9.17) is 15.2 Å². The Balaban J connectivity index is 2.49. The maximum atomic E-state index is 11.9. The average molecular weight is 302 g/mol. The lowest BCUT2D eigenvalue weighted by Crippen LogP contribution is -2.23. The predicted molar refractivity (Wildman–Crippen MR) is 83.4 cm³/mol. The number of rotatable bonds is 6. The van der Waals surface area contributed by atoms with Crippen LogP contribution in [0.15, 0.2) is 35.1 Å². The lowest BCUT2D eigenvalue weighted by Gasteiger charge is -2.12. The van der Waals surface area contributed by atoms with Gasteiger partial charge in [-0.05, 0) is 30.7 Å². The molecule has 1 aromatic heterocycles. The van der Waals surface area contributed by atoms with Crippen molar-refractivity contribution in [1.29, 1.82) is 0 Å². The zero-order valence-electron chi connectivity index (χ0n) is 12.5. The van der Waals surface area contributed by atoms with Gasteiger partial charge in [-0.1, -0.05) is 6.92 Å². The molecule has 2 aromatic rings. The van der Waals surface area contributed by atoms with Crippen LogP contribution in [0.3, 0.4) is 0 Å². The highest BCUT2D eigenvalue weighted by Gasteiger charge is 2.12. The number of primary amides is 1. The van der Waals surface area contributed by atoms with Gasteiger partial charge >= 0.3 is 0 Å². The summed E-state index contributed by atoms with van der Waals surface area (Å²) in [6, 6.07) is 8.35. The van der Waals surface area contributed by atoms with E-state index in [1.54, 1.807) is 31.4 Å². The molecular formula is C16H18N2O4. The largest absolute Gasteiger partial charge is 0.497 e. The van der Waals surface area contributed by atoms with Gasteiger partial charge in [0.25, 0.3) is 11.5 Å². The summed E-state index contributed by atoms with van der Waals surface area (Å²) in [7, 11) is 1.57. The summed E-state index contributed by atoms with van der Waals surface area (Å²) in [5, 5.41) is 0. The molecular weight excluding hydrogens is 284 g/mol. The van der Waals surface area contributed by atoms with Crippen LogP contribution >= 0.6 is 0 Å². The zero-order chi connectivity index (χ0) is 16.1. The standard InChI is InChI=1S/C16H18N2O4/c1-3-8-22-14-9-10(21-2)4-5-11(14)13-7-6-12(15(17)19)16(20)18-13/h4-7,9H,3,8H2,1-2H3,(H2,17,19)(H,18,20). The Bertz CT molecular complexity index is 737. The van der Waals surface area contributed by atoms with Gasteiger partial charge in [0.15, 0.2) is 0 Å². The maximum Gasteiger partial charge on any atom is 0.261 e. The molecule has 6 heteroatoms. The zero-order valence-corrected chi connectivity index (χ0v) is 12.5. The molecule has 0 fully saturated rings. The molecule has 0 spiro atoms. The van der Waals surface area contributed by atoms with Gasteiger partial charge in [-0.2, -0.15) is 0 Å². The topological polar surface area (TPSA) is 94.4 Å². The second kappa shape index (κ2) is 6.80. The second-order valence-corrected chi connectivity index (χ2v) is 4.69. The number of carbonyl (C=O) groups excluding carboxylic acids is 1. The molecule has 3 N–H and O–H groups in total. The summed E-state index contributed by atoms with van der Waals surface area (Å²) in [6.07, 6.45) is 0.855. The summed E-state index contributed by atoms with van der Waals surface area (Å²) in [5.74, 6) is 0.500. The number of ether oxygens (including phenoxy) is 2. The number of benzene rings is 1. The number of hydrogen-bond donors (Lipinski definition) is 2. The molecule has 0 aliphatic heterocycles. The summed E-state index contributed by atoms with van der Waals surface area (Å²) in [5.41, 5.74) is 5.79. The molecule has 116 valence electrons. The first-order chi connectivity index (χ1) is 10.6. The van der Waals surface area contributed by atoms with Gasteiger partial charge < -0.3 is 20.2 Å². The van der Waals surface area contributed by atoms with Gasteiger partial charge in [-0.15, -0.1) is 0 Å². The fraction of sp³-hybridized carbons (Fsp3) is 0.250. The van der Waals surface area contributed by atoms with Crippen LogP contribution in [-0.2, 0) is 0 Å². The molecule has 22 heavy (non-hydrogen) atoms. The van der Waals surface area contributed by atoms with E-state index in [0.29, 0.717) is 29.4 Å². The summed E-state index contributed by atoms with van der Waals surface area (Å²) >= 11 is 0. The number of amides is 1. The number of hydrogen-bond acceptors (Lipinski definition) is 4. The normalized spacial score (nSPS) is 10.3. The summed E-state index contributed by atoms with van der Waals surface area (Å²) in [4.78, 5) is 25.7. The van der Waals surface area contributed by atoms with Gasteiger partial charge in [-0.3, -0.25) is 9.59 Å². The number of aromatic amines is 1. The minimum atomic E-state index is -0.759. The lowest BCUT2D eigenvalue weighted by atomic mass is 10.1. The summed E-state index contributed by atoms with van der Waals surface area (Å²) in [6.45, 7) is 2.55. The third-order valence-electron chi connectivity index (χ3n) is 3.12. The first kappa shape index (κ1) is 15.6. The molecule has 0 aliphatic carbocycles. The van der Waals surface area contributed by atoms with Crippen LogP contribution in [0, 0.1) is 0 Å². The van der Waals surface area contributed by atoms with Crippen molar-refractivity contribution in [3.63, 3.8) is 0 Å². The van der Waals surface area contributed by atoms with E-state index in [9.17, 15) is 9.59 Å². The minimum Gasteiger partial charge on any atom is -0.497 e. The number of H-pyrrole nitrogens is 1. The minimum absolute atomic E-state index is 0.0757. The Kier molecular flexibility index (Phi) is 4.83. The highest BCUT2D eigenvalue weighted by Crippen LogP contribution is 2.32. The van der Waals surface area contributed by atoms with Crippen molar-refractivity contribution in [3.05, 3.63) is 46.2 Å². The van der Waals surface area contributed by atoms with Crippen molar-refractivity contribution >= 4 is 5.91 Å². The molecule has 0 radical (unpaired) electrons.